The van der Waals surface area contributed by atoms with E-state index < -0.39 is 5.97 Å². The molecule has 0 radical (unpaired) electrons. The van der Waals surface area contributed by atoms with Crippen LogP contribution in [0, 0.1) is 6.92 Å². The van der Waals surface area contributed by atoms with Crippen LogP contribution in [0.25, 0.3) is 16.9 Å². The third-order valence-electron chi connectivity index (χ3n) is 5.59. The van der Waals surface area contributed by atoms with Crippen LogP contribution in [0.15, 0.2) is 41.5 Å². The van der Waals surface area contributed by atoms with Gasteiger partial charge < -0.3 is 9.30 Å². The van der Waals surface area contributed by atoms with Gasteiger partial charge >= 0.3 is 5.97 Å². The molecular weight excluding hydrogens is 354 g/mol. The molecule has 0 atom stereocenters. The Morgan fingerprint density at radius 1 is 1.14 bits per heavy atom. The quantitative estimate of drug-likeness (QED) is 0.507. The smallest absolute Gasteiger partial charge is 0.341 e. The number of esters is 1. The van der Waals surface area contributed by atoms with Gasteiger partial charge in [0.05, 0.1) is 18.4 Å². The number of nitrogens with zero attached hydrogens (tertiary/aromatic N) is 3. The lowest BCUT2D eigenvalue weighted by atomic mass is 10.1. The van der Waals surface area contributed by atoms with Gasteiger partial charge in [0.25, 0.3) is 5.56 Å². The molecule has 0 N–H and O–H groups in total. The largest absolute Gasteiger partial charge is 0.465 e. The Bertz CT molecular complexity index is 1030. The van der Waals surface area contributed by atoms with Gasteiger partial charge in [0.15, 0.2) is 0 Å². The molecule has 1 aliphatic carbocycles. The van der Waals surface area contributed by atoms with Crippen molar-refractivity contribution in [2.24, 2.45) is 0 Å². The summed E-state index contributed by atoms with van der Waals surface area (Å²) in [4.78, 5) is 25.6. The van der Waals surface area contributed by atoms with E-state index in [1.54, 1.807) is 6.20 Å². The Morgan fingerprint density at radius 2 is 1.89 bits per heavy atom. The molecule has 0 bridgehead atoms. The zero-order chi connectivity index (χ0) is 19.7. The van der Waals surface area contributed by atoms with E-state index in [1.165, 1.54) is 24.6 Å². The Morgan fingerprint density at radius 3 is 2.57 bits per heavy atom. The molecule has 0 aromatic heterocycles. The predicted molar refractivity (Wildman–Crippen MR) is 107 cm³/mol. The normalized spacial score (nSPS) is 15.5. The van der Waals surface area contributed by atoms with E-state index in [4.69, 9.17) is 4.74 Å². The topological polar surface area (TPSA) is 66.1 Å². The minimum absolute atomic E-state index is 0.214. The maximum Gasteiger partial charge on any atom is 0.341 e. The lowest BCUT2D eigenvalue weighted by Gasteiger charge is -2.20. The summed E-state index contributed by atoms with van der Waals surface area (Å²) < 4.78 is 8.39. The number of carbonyl (C=O) groups is 1. The molecule has 4 rings (SSSR count). The average molecular weight is 379 g/mol. The third kappa shape index (κ3) is 3.35. The standard InChI is InChI=1S/C22H25N3O3/c1-15-8-7-11-17(12-15)25-21(26)18-13-24(16-9-5-3-4-6-10-16)14-19(20(18)23-25)22(27)28-2/h7-8,11-14,16H,3-6,9-10H2,1-2H3. The molecule has 1 fully saturated rings. The molecule has 2 heterocycles. The van der Waals surface area contributed by atoms with Crippen LogP contribution in [-0.2, 0) is 4.74 Å². The number of hydrogen-bond acceptors (Lipinski definition) is 4. The van der Waals surface area contributed by atoms with Crippen molar-refractivity contribution in [1.82, 2.24) is 14.3 Å². The molecule has 2 aliphatic heterocycles. The Labute approximate surface area is 164 Å². The summed E-state index contributed by atoms with van der Waals surface area (Å²) in [6.07, 6.45) is 10.6. The van der Waals surface area contributed by atoms with Crippen LogP contribution in [-0.4, -0.2) is 27.4 Å². The highest BCUT2D eigenvalue weighted by molar-refractivity contribution is 5.96. The Kier molecular flexibility index (Phi) is 5.03. The van der Waals surface area contributed by atoms with Crippen LogP contribution in [0.3, 0.4) is 0 Å². The van der Waals surface area contributed by atoms with E-state index in [0.717, 1.165) is 31.2 Å². The van der Waals surface area contributed by atoms with Crippen molar-refractivity contribution >= 4 is 5.97 Å². The van der Waals surface area contributed by atoms with E-state index >= 15 is 0 Å². The Balaban J connectivity index is 1.90. The predicted octanol–water partition coefficient (Wildman–Crippen LogP) is 4.13. The van der Waals surface area contributed by atoms with Crippen LogP contribution in [0.1, 0.15) is 60.5 Å². The van der Waals surface area contributed by atoms with Gasteiger partial charge in [0.2, 0.25) is 0 Å². The van der Waals surface area contributed by atoms with Crippen molar-refractivity contribution in [3.63, 3.8) is 0 Å². The van der Waals surface area contributed by atoms with E-state index in [0.29, 0.717) is 22.5 Å². The number of ether oxygens (including phenoxy) is 1. The molecule has 1 saturated carbocycles. The zero-order valence-electron chi connectivity index (χ0n) is 16.4. The second-order valence-electron chi connectivity index (χ2n) is 7.57. The van der Waals surface area contributed by atoms with Crippen LogP contribution < -0.4 is 5.56 Å². The molecule has 1 aromatic rings. The maximum atomic E-state index is 13.1. The molecule has 146 valence electrons. The molecule has 6 nitrogen and oxygen atoms in total. The summed E-state index contributed by atoms with van der Waals surface area (Å²) in [6.45, 7) is 1.97. The minimum atomic E-state index is -0.470. The van der Waals surface area contributed by atoms with Gasteiger partial charge in [-0.15, -0.1) is 0 Å². The van der Waals surface area contributed by atoms with Gasteiger partial charge in [-0.3, -0.25) is 4.79 Å². The van der Waals surface area contributed by atoms with Crippen molar-refractivity contribution in [3.8, 4) is 16.9 Å². The average Bonchev–Trinajstić information content (AvgIpc) is 2.88. The SMILES string of the molecule is COC(=O)c1cn(C2CCCCCC2)cc2c(=O)n(-c3cccc(C)c3)nc1-2. The number of aromatic nitrogens is 3. The molecule has 6 heteroatoms. The first kappa shape index (κ1) is 18.5. The fourth-order valence-electron chi connectivity index (χ4n) is 4.09. The van der Waals surface area contributed by atoms with Crippen molar-refractivity contribution in [1.29, 1.82) is 0 Å². The van der Waals surface area contributed by atoms with Crippen molar-refractivity contribution in [2.45, 2.75) is 51.5 Å². The fourth-order valence-corrected chi connectivity index (χ4v) is 4.09. The summed E-state index contributed by atoms with van der Waals surface area (Å²) in [7, 11) is 1.35. The number of pyridine rings is 1. The van der Waals surface area contributed by atoms with Gasteiger partial charge in [0, 0.05) is 18.4 Å². The fraction of sp³-hybridized carbons (Fsp3) is 0.409. The van der Waals surface area contributed by atoms with Crippen LogP contribution in [0.5, 0.6) is 0 Å². The van der Waals surface area contributed by atoms with Gasteiger partial charge in [-0.1, -0.05) is 37.8 Å². The minimum Gasteiger partial charge on any atom is -0.465 e. The number of methoxy groups -OCH3 is 1. The monoisotopic (exact) mass is 379 g/mol. The molecular formula is C22H25N3O3. The summed E-state index contributed by atoms with van der Waals surface area (Å²) >= 11 is 0. The highest BCUT2D eigenvalue weighted by Crippen LogP contribution is 2.31. The van der Waals surface area contributed by atoms with Crippen LogP contribution >= 0.6 is 0 Å². The number of fused-ring (bicyclic) bond motifs is 1. The van der Waals surface area contributed by atoms with Gasteiger partial charge in [-0.2, -0.15) is 9.78 Å². The van der Waals surface area contributed by atoms with Gasteiger partial charge in [0.1, 0.15) is 11.3 Å². The highest BCUT2D eigenvalue weighted by atomic mass is 16.5. The zero-order valence-corrected chi connectivity index (χ0v) is 16.4. The van der Waals surface area contributed by atoms with E-state index in [2.05, 4.69) is 5.10 Å². The number of carbonyl (C=O) groups excluding carboxylic acids is 1. The van der Waals surface area contributed by atoms with Gasteiger partial charge in [-0.25, -0.2) is 4.79 Å². The second-order valence-corrected chi connectivity index (χ2v) is 7.57. The lowest BCUT2D eigenvalue weighted by Crippen LogP contribution is -2.17. The molecule has 0 amide bonds. The highest BCUT2D eigenvalue weighted by Gasteiger charge is 2.26. The second kappa shape index (κ2) is 7.62. The number of hydrogen-bond donors (Lipinski definition) is 0. The molecule has 0 unspecified atom stereocenters. The molecule has 0 spiro atoms. The molecule has 0 saturated heterocycles. The number of rotatable bonds is 3. The van der Waals surface area contributed by atoms with Crippen molar-refractivity contribution < 1.29 is 9.53 Å². The van der Waals surface area contributed by atoms with Crippen LogP contribution in [0.2, 0.25) is 0 Å². The van der Waals surface area contributed by atoms with Crippen LogP contribution in [0.4, 0.5) is 0 Å². The summed E-state index contributed by atoms with van der Waals surface area (Å²) in [5.74, 6) is -0.470. The maximum absolute atomic E-state index is 13.1. The summed E-state index contributed by atoms with van der Waals surface area (Å²) in [5.41, 5.74) is 2.70. The van der Waals surface area contributed by atoms with E-state index in [9.17, 15) is 9.59 Å². The third-order valence-corrected chi connectivity index (χ3v) is 5.59. The molecule has 28 heavy (non-hydrogen) atoms. The molecule has 3 aliphatic rings. The first-order chi connectivity index (χ1) is 13.6. The van der Waals surface area contributed by atoms with Crippen molar-refractivity contribution in [3.05, 3.63) is 58.1 Å². The first-order valence-electron chi connectivity index (χ1n) is 9.88. The molecule has 1 aromatic carbocycles. The van der Waals surface area contributed by atoms with Gasteiger partial charge in [-0.05, 0) is 37.5 Å². The van der Waals surface area contributed by atoms with Crippen molar-refractivity contribution in [2.75, 3.05) is 7.11 Å². The van der Waals surface area contributed by atoms with E-state index in [-0.39, 0.29) is 11.6 Å². The number of benzene rings is 1. The summed E-state index contributed by atoms with van der Waals surface area (Å²) in [5, 5.41) is 4.49. The Hall–Kier alpha value is -2.89. The number of aryl methyl sites for hydroxylation is 1. The van der Waals surface area contributed by atoms with E-state index in [1.807, 2.05) is 42.0 Å². The first-order valence-corrected chi connectivity index (χ1v) is 9.88. The summed E-state index contributed by atoms with van der Waals surface area (Å²) in [6, 6.07) is 7.90. The lowest BCUT2D eigenvalue weighted by molar-refractivity contribution is 0.0600.